The highest BCUT2D eigenvalue weighted by molar-refractivity contribution is 6.34. The van der Waals surface area contributed by atoms with E-state index in [2.05, 4.69) is 10.6 Å². The van der Waals surface area contributed by atoms with E-state index < -0.39 is 29.6 Å². The monoisotopic (exact) mass is 475 g/mol. The number of anilines is 1. The van der Waals surface area contributed by atoms with Gasteiger partial charge in [-0.25, -0.2) is 4.79 Å². The topological polar surface area (TPSA) is 108 Å². The number of carbonyl (C=O) groups is 3. The molecule has 0 aliphatic rings. The molecule has 0 fully saturated rings. The Morgan fingerprint density at radius 2 is 1.76 bits per heavy atom. The highest BCUT2D eigenvalue weighted by Crippen LogP contribution is 2.29. The third kappa shape index (κ3) is 7.39. The molecule has 0 aliphatic heterocycles. The molecular weight excluding hydrogens is 446 g/mol. The first-order valence-corrected chi connectivity index (χ1v) is 10.9. The fourth-order valence-corrected chi connectivity index (χ4v) is 3.45. The van der Waals surface area contributed by atoms with E-state index in [1.165, 1.54) is 17.0 Å². The van der Waals surface area contributed by atoms with Crippen molar-refractivity contribution in [3.8, 4) is 5.75 Å². The molecule has 0 aliphatic carbocycles. The summed E-state index contributed by atoms with van der Waals surface area (Å²) in [5.41, 5.74) is 0.992. The second kappa shape index (κ2) is 11.0. The van der Waals surface area contributed by atoms with Crippen LogP contribution in [-0.2, 0) is 14.3 Å². The lowest BCUT2D eigenvalue weighted by Gasteiger charge is -2.31. The van der Waals surface area contributed by atoms with Crippen LogP contribution in [-0.4, -0.2) is 46.6 Å². The zero-order valence-electron chi connectivity index (χ0n) is 19.4. The molecule has 0 aromatic heterocycles. The third-order valence-corrected chi connectivity index (χ3v) is 5.00. The van der Waals surface area contributed by atoms with Gasteiger partial charge in [0.15, 0.2) is 0 Å². The van der Waals surface area contributed by atoms with Gasteiger partial charge in [0.05, 0.1) is 10.7 Å². The number of nitrogens with zero attached hydrogens (tertiary/aromatic N) is 1. The molecule has 2 aromatic carbocycles. The number of hydrogen-bond donors (Lipinski definition) is 3. The van der Waals surface area contributed by atoms with Crippen molar-refractivity contribution >= 4 is 35.2 Å². The molecule has 178 valence electrons. The predicted molar refractivity (Wildman–Crippen MR) is 127 cm³/mol. The summed E-state index contributed by atoms with van der Waals surface area (Å²) in [6, 6.07) is 10.2. The first-order chi connectivity index (χ1) is 15.4. The summed E-state index contributed by atoms with van der Waals surface area (Å²) in [6.07, 6.45) is -0.732. The van der Waals surface area contributed by atoms with Crippen LogP contribution in [0.3, 0.4) is 0 Å². The molecule has 2 rings (SSSR count). The number of aromatic hydroxyl groups is 1. The van der Waals surface area contributed by atoms with Gasteiger partial charge in [-0.2, -0.15) is 0 Å². The Morgan fingerprint density at radius 3 is 2.30 bits per heavy atom. The first-order valence-electron chi connectivity index (χ1n) is 10.5. The van der Waals surface area contributed by atoms with Crippen molar-refractivity contribution in [3.05, 3.63) is 58.6 Å². The molecule has 0 bridgehead atoms. The lowest BCUT2D eigenvalue weighted by Crippen LogP contribution is -2.46. The lowest BCUT2D eigenvalue weighted by atomic mass is 10.0. The van der Waals surface area contributed by atoms with Gasteiger partial charge < -0.3 is 25.4 Å². The Hall–Kier alpha value is -3.26. The zero-order valence-corrected chi connectivity index (χ0v) is 20.2. The number of aryl methyl sites for hydroxylation is 1. The van der Waals surface area contributed by atoms with Crippen molar-refractivity contribution in [2.75, 3.05) is 18.4 Å². The number of hydrogen-bond acceptors (Lipinski definition) is 5. The van der Waals surface area contributed by atoms with Crippen molar-refractivity contribution in [1.82, 2.24) is 10.2 Å². The van der Waals surface area contributed by atoms with Gasteiger partial charge >= 0.3 is 6.09 Å². The number of para-hydroxylation sites is 1. The molecule has 0 radical (unpaired) electrons. The molecule has 3 N–H and O–H groups in total. The van der Waals surface area contributed by atoms with Gasteiger partial charge in [-0.05, 0) is 63.9 Å². The van der Waals surface area contributed by atoms with Gasteiger partial charge in [0.2, 0.25) is 5.91 Å². The summed E-state index contributed by atoms with van der Waals surface area (Å²) in [4.78, 5) is 39.7. The third-order valence-electron chi connectivity index (χ3n) is 4.68. The maximum Gasteiger partial charge on any atom is 0.408 e. The number of ether oxygens (including phenoxy) is 1. The molecule has 1 atom stereocenters. The molecule has 8 nitrogen and oxygen atoms in total. The highest BCUT2D eigenvalue weighted by atomic mass is 35.5. The summed E-state index contributed by atoms with van der Waals surface area (Å²) in [6.45, 7) is 8.53. The number of phenols is 1. The molecule has 0 saturated heterocycles. The minimum Gasteiger partial charge on any atom is -0.508 e. The van der Waals surface area contributed by atoms with Crippen molar-refractivity contribution < 1.29 is 24.2 Å². The van der Waals surface area contributed by atoms with Crippen LogP contribution in [0.1, 0.15) is 44.9 Å². The Kier molecular flexibility index (Phi) is 8.70. The van der Waals surface area contributed by atoms with Crippen LogP contribution in [0.2, 0.25) is 5.02 Å². The Morgan fingerprint density at radius 1 is 1.12 bits per heavy atom. The average Bonchev–Trinajstić information content (AvgIpc) is 2.72. The minimum atomic E-state index is -1.03. The molecule has 2 aromatic rings. The summed E-state index contributed by atoms with van der Waals surface area (Å²) in [5, 5.41) is 15.3. The van der Waals surface area contributed by atoms with E-state index in [0.29, 0.717) is 16.3 Å². The minimum absolute atomic E-state index is 0.0285. The highest BCUT2D eigenvalue weighted by Gasteiger charge is 2.31. The number of carbonyl (C=O) groups excluding carboxylic acids is 3. The van der Waals surface area contributed by atoms with E-state index in [-0.39, 0.29) is 18.8 Å². The van der Waals surface area contributed by atoms with Gasteiger partial charge in [-0.15, -0.1) is 0 Å². The number of alkyl carbamates (subject to hydrolysis) is 1. The number of nitrogens with one attached hydrogen (secondary N) is 2. The van der Waals surface area contributed by atoms with Gasteiger partial charge in [0, 0.05) is 6.54 Å². The Labute approximate surface area is 198 Å². The summed E-state index contributed by atoms with van der Waals surface area (Å²) in [5.74, 6) is -0.933. The van der Waals surface area contributed by atoms with E-state index in [9.17, 15) is 19.5 Å². The van der Waals surface area contributed by atoms with Crippen LogP contribution in [0.15, 0.2) is 42.5 Å². The molecule has 0 saturated carbocycles. The summed E-state index contributed by atoms with van der Waals surface area (Å²) >= 11 is 6.27. The molecule has 1 unspecified atom stereocenters. The fourth-order valence-electron chi connectivity index (χ4n) is 3.18. The Bertz CT molecular complexity index is 982. The van der Waals surface area contributed by atoms with Crippen LogP contribution >= 0.6 is 11.6 Å². The number of rotatable bonds is 7. The van der Waals surface area contributed by atoms with Gasteiger partial charge in [-0.1, -0.05) is 35.9 Å². The van der Waals surface area contributed by atoms with Crippen LogP contribution in [0, 0.1) is 6.92 Å². The van der Waals surface area contributed by atoms with E-state index in [4.69, 9.17) is 16.3 Å². The fraction of sp³-hybridized carbons (Fsp3) is 0.375. The SMILES string of the molecule is CCN(C(=O)CNC(=O)OC(C)(C)C)C(C(=O)Nc1c(C)cccc1Cl)c1ccc(O)cc1. The first kappa shape index (κ1) is 26.0. The Balaban J connectivity index is 2.31. The van der Waals surface area contributed by atoms with Crippen molar-refractivity contribution in [2.45, 2.75) is 46.3 Å². The summed E-state index contributed by atoms with van der Waals surface area (Å²) < 4.78 is 5.17. The number of likely N-dealkylation sites (N-methyl/N-ethyl adjacent to an activating group) is 1. The summed E-state index contributed by atoms with van der Waals surface area (Å²) in [7, 11) is 0. The second-order valence-electron chi connectivity index (χ2n) is 8.45. The molecule has 9 heteroatoms. The van der Waals surface area contributed by atoms with Crippen LogP contribution in [0.25, 0.3) is 0 Å². The number of halogens is 1. The predicted octanol–water partition coefficient (Wildman–Crippen LogP) is 4.41. The van der Waals surface area contributed by atoms with E-state index in [1.54, 1.807) is 52.0 Å². The van der Waals surface area contributed by atoms with E-state index in [0.717, 1.165) is 5.56 Å². The number of benzene rings is 2. The smallest absolute Gasteiger partial charge is 0.408 e. The van der Waals surface area contributed by atoms with E-state index in [1.807, 2.05) is 13.0 Å². The molecule has 0 heterocycles. The quantitative estimate of drug-likeness (QED) is 0.549. The molecular formula is C24H30ClN3O5. The number of phenolic OH excluding ortho intramolecular Hbond substituents is 1. The van der Waals surface area contributed by atoms with Crippen molar-refractivity contribution in [1.29, 1.82) is 0 Å². The molecule has 3 amide bonds. The standard InChI is InChI=1S/C24H30ClN3O5/c1-6-28(19(30)14-26-23(32)33-24(3,4)5)21(16-10-12-17(29)13-11-16)22(31)27-20-15(2)8-7-9-18(20)25/h7-13,21,29H,6,14H2,1-5H3,(H,26,32)(H,27,31). The van der Waals surface area contributed by atoms with Crippen LogP contribution in [0.5, 0.6) is 5.75 Å². The largest absolute Gasteiger partial charge is 0.508 e. The van der Waals surface area contributed by atoms with Crippen molar-refractivity contribution in [3.63, 3.8) is 0 Å². The number of amides is 3. The van der Waals surface area contributed by atoms with Crippen LogP contribution in [0.4, 0.5) is 10.5 Å². The van der Waals surface area contributed by atoms with Gasteiger partial charge in [0.1, 0.15) is 23.9 Å². The van der Waals surface area contributed by atoms with Crippen molar-refractivity contribution in [2.24, 2.45) is 0 Å². The van der Waals surface area contributed by atoms with Gasteiger partial charge in [-0.3, -0.25) is 9.59 Å². The lowest BCUT2D eigenvalue weighted by molar-refractivity contribution is -0.138. The zero-order chi connectivity index (χ0) is 24.8. The van der Waals surface area contributed by atoms with Gasteiger partial charge in [0.25, 0.3) is 5.91 Å². The van der Waals surface area contributed by atoms with E-state index >= 15 is 0 Å². The normalized spacial score (nSPS) is 11.9. The molecule has 33 heavy (non-hydrogen) atoms. The second-order valence-corrected chi connectivity index (χ2v) is 8.86. The maximum absolute atomic E-state index is 13.4. The maximum atomic E-state index is 13.4. The van der Waals surface area contributed by atoms with Crippen LogP contribution < -0.4 is 10.6 Å². The average molecular weight is 476 g/mol. The molecule has 0 spiro atoms.